The third-order valence-corrected chi connectivity index (χ3v) is 1.85. The quantitative estimate of drug-likeness (QED) is 0.303. The lowest BCUT2D eigenvalue weighted by atomic mass is 10.3. The van der Waals surface area contributed by atoms with E-state index in [0.29, 0.717) is 0 Å². The summed E-state index contributed by atoms with van der Waals surface area (Å²) >= 11 is 1.20. The molecule has 0 aliphatic heterocycles. The van der Waals surface area contributed by atoms with Crippen LogP contribution in [0, 0.1) is 21.8 Å². The van der Waals surface area contributed by atoms with E-state index in [4.69, 9.17) is 6.42 Å². The number of benzene rings is 1. The lowest BCUT2D eigenvalue weighted by Gasteiger charge is -1.92. The molecule has 1 aromatic rings. The average molecular weight is 179 g/mol. The van der Waals surface area contributed by atoms with E-state index in [1.54, 1.807) is 12.1 Å². The van der Waals surface area contributed by atoms with Crippen molar-refractivity contribution in [1.82, 2.24) is 0 Å². The second-order valence-electron chi connectivity index (χ2n) is 1.97. The zero-order valence-corrected chi connectivity index (χ0v) is 6.88. The smallest absolute Gasteiger partial charge is 0.258 e. The highest BCUT2D eigenvalue weighted by Crippen LogP contribution is 2.19. The molecule has 0 fully saturated rings. The van der Waals surface area contributed by atoms with Gasteiger partial charge in [-0.25, -0.2) is 0 Å². The summed E-state index contributed by atoms with van der Waals surface area (Å²) in [7, 11) is 0. The summed E-state index contributed by atoms with van der Waals surface area (Å²) in [6.07, 6.45) is 5.04. The number of hydrogen-bond donors (Lipinski definition) is 0. The SMILES string of the molecule is C#CSc1ccc([N+](=O)[O-])cc1. The van der Waals surface area contributed by atoms with Crippen LogP contribution in [-0.4, -0.2) is 4.92 Å². The van der Waals surface area contributed by atoms with E-state index >= 15 is 0 Å². The van der Waals surface area contributed by atoms with Crippen LogP contribution in [0.2, 0.25) is 0 Å². The fraction of sp³-hybridized carbons (Fsp3) is 0. The van der Waals surface area contributed by atoms with Crippen molar-refractivity contribution in [2.75, 3.05) is 0 Å². The highest BCUT2D eigenvalue weighted by atomic mass is 32.2. The second-order valence-corrected chi connectivity index (χ2v) is 2.88. The summed E-state index contributed by atoms with van der Waals surface area (Å²) in [5, 5.41) is 12.6. The van der Waals surface area contributed by atoms with Crippen LogP contribution in [0.15, 0.2) is 29.2 Å². The molecule has 0 aromatic heterocycles. The first kappa shape index (κ1) is 8.62. The van der Waals surface area contributed by atoms with E-state index in [1.807, 2.05) is 0 Å². The lowest BCUT2D eigenvalue weighted by Crippen LogP contribution is -1.85. The first-order chi connectivity index (χ1) is 5.74. The molecule has 0 radical (unpaired) electrons. The largest absolute Gasteiger partial charge is 0.269 e. The van der Waals surface area contributed by atoms with Gasteiger partial charge in [0.15, 0.2) is 0 Å². The van der Waals surface area contributed by atoms with Gasteiger partial charge in [0.05, 0.1) is 4.92 Å². The van der Waals surface area contributed by atoms with Crippen LogP contribution in [0.1, 0.15) is 0 Å². The number of rotatable bonds is 2. The first-order valence-corrected chi connectivity index (χ1v) is 3.92. The van der Waals surface area contributed by atoms with Crippen molar-refractivity contribution >= 4 is 17.4 Å². The van der Waals surface area contributed by atoms with Gasteiger partial charge < -0.3 is 0 Å². The highest BCUT2D eigenvalue weighted by molar-refractivity contribution is 8.03. The molecule has 0 heterocycles. The molecule has 0 saturated heterocycles. The molecule has 0 atom stereocenters. The monoisotopic (exact) mass is 179 g/mol. The number of terminal acetylenes is 1. The van der Waals surface area contributed by atoms with Crippen molar-refractivity contribution in [2.24, 2.45) is 0 Å². The first-order valence-electron chi connectivity index (χ1n) is 3.11. The molecule has 0 N–H and O–H groups in total. The summed E-state index contributed by atoms with van der Waals surface area (Å²) in [5.41, 5.74) is 0.0800. The van der Waals surface area contributed by atoms with E-state index in [9.17, 15) is 10.1 Å². The molecular weight excluding hydrogens is 174 g/mol. The number of nitro benzene ring substituents is 1. The molecule has 1 rings (SSSR count). The number of non-ortho nitro benzene ring substituents is 1. The van der Waals surface area contributed by atoms with E-state index in [1.165, 1.54) is 23.9 Å². The third-order valence-electron chi connectivity index (χ3n) is 1.22. The standard InChI is InChI=1S/C8H5NO2S/c1-2-12-8-5-3-7(4-6-8)9(10)11/h1,3-6H. The molecular formula is C8H5NO2S. The van der Waals surface area contributed by atoms with Gasteiger partial charge in [-0.15, -0.1) is 6.42 Å². The van der Waals surface area contributed by atoms with Crippen molar-refractivity contribution in [3.63, 3.8) is 0 Å². The van der Waals surface area contributed by atoms with Gasteiger partial charge in [-0.2, -0.15) is 0 Å². The molecule has 0 amide bonds. The second kappa shape index (κ2) is 3.79. The topological polar surface area (TPSA) is 43.1 Å². The predicted molar refractivity (Wildman–Crippen MR) is 47.8 cm³/mol. The minimum Gasteiger partial charge on any atom is -0.258 e. The van der Waals surface area contributed by atoms with Crippen LogP contribution >= 0.6 is 11.8 Å². The van der Waals surface area contributed by atoms with Crippen LogP contribution in [0.5, 0.6) is 0 Å². The van der Waals surface area contributed by atoms with Gasteiger partial charge in [-0.05, 0) is 29.1 Å². The maximum absolute atomic E-state index is 10.2. The van der Waals surface area contributed by atoms with Gasteiger partial charge in [0.2, 0.25) is 0 Å². The van der Waals surface area contributed by atoms with Gasteiger partial charge >= 0.3 is 0 Å². The summed E-state index contributed by atoms with van der Waals surface area (Å²) < 4.78 is 0. The fourth-order valence-corrected chi connectivity index (χ4v) is 1.11. The number of thioether (sulfide) groups is 1. The zero-order chi connectivity index (χ0) is 8.97. The molecule has 12 heavy (non-hydrogen) atoms. The van der Waals surface area contributed by atoms with Crippen molar-refractivity contribution < 1.29 is 4.92 Å². The molecule has 3 nitrogen and oxygen atoms in total. The van der Waals surface area contributed by atoms with E-state index in [0.717, 1.165) is 4.90 Å². The minimum atomic E-state index is -0.440. The van der Waals surface area contributed by atoms with Crippen LogP contribution in [-0.2, 0) is 0 Å². The van der Waals surface area contributed by atoms with Gasteiger partial charge in [0.25, 0.3) is 5.69 Å². The summed E-state index contributed by atoms with van der Waals surface area (Å²) in [4.78, 5) is 10.6. The van der Waals surface area contributed by atoms with Crippen molar-refractivity contribution in [2.45, 2.75) is 4.90 Å². The Morgan fingerprint density at radius 2 is 2.00 bits per heavy atom. The molecule has 0 aliphatic rings. The van der Waals surface area contributed by atoms with Gasteiger partial charge in [-0.3, -0.25) is 10.1 Å². The van der Waals surface area contributed by atoms with Crippen LogP contribution in [0.3, 0.4) is 0 Å². The zero-order valence-electron chi connectivity index (χ0n) is 6.06. The van der Waals surface area contributed by atoms with Gasteiger partial charge in [0.1, 0.15) is 0 Å². The van der Waals surface area contributed by atoms with E-state index < -0.39 is 4.92 Å². The van der Waals surface area contributed by atoms with Gasteiger partial charge in [-0.1, -0.05) is 0 Å². The molecule has 4 heteroatoms. The fourth-order valence-electron chi connectivity index (χ4n) is 0.704. The Morgan fingerprint density at radius 3 is 2.42 bits per heavy atom. The van der Waals surface area contributed by atoms with E-state index in [-0.39, 0.29) is 5.69 Å². The minimum absolute atomic E-state index is 0.0800. The Hall–Kier alpha value is -1.47. The van der Waals surface area contributed by atoms with Crippen LogP contribution in [0.25, 0.3) is 0 Å². The number of hydrogen-bond acceptors (Lipinski definition) is 3. The molecule has 0 aliphatic carbocycles. The van der Waals surface area contributed by atoms with Gasteiger partial charge in [0, 0.05) is 17.0 Å². The summed E-state index contributed by atoms with van der Waals surface area (Å²) in [6.45, 7) is 0. The van der Waals surface area contributed by atoms with Crippen molar-refractivity contribution in [3.05, 3.63) is 34.4 Å². The lowest BCUT2D eigenvalue weighted by molar-refractivity contribution is -0.384. The molecule has 0 saturated carbocycles. The van der Waals surface area contributed by atoms with Crippen molar-refractivity contribution in [1.29, 1.82) is 0 Å². The molecule has 1 aromatic carbocycles. The Labute approximate surface area is 73.9 Å². The van der Waals surface area contributed by atoms with E-state index in [2.05, 4.69) is 5.25 Å². The highest BCUT2D eigenvalue weighted by Gasteiger charge is 2.02. The van der Waals surface area contributed by atoms with Crippen LogP contribution in [0.4, 0.5) is 5.69 Å². The maximum atomic E-state index is 10.2. The van der Waals surface area contributed by atoms with Crippen LogP contribution < -0.4 is 0 Å². The Kier molecular flexibility index (Phi) is 2.72. The predicted octanol–water partition coefficient (Wildman–Crippen LogP) is 2.28. The third kappa shape index (κ3) is 2.01. The number of nitrogens with zero attached hydrogens (tertiary/aromatic N) is 1. The molecule has 60 valence electrons. The Morgan fingerprint density at radius 1 is 1.42 bits per heavy atom. The Balaban J connectivity index is 2.87. The summed E-state index contributed by atoms with van der Waals surface area (Å²) in [6, 6.07) is 6.12. The van der Waals surface area contributed by atoms with Crippen molar-refractivity contribution in [3.8, 4) is 11.7 Å². The Bertz CT molecular complexity index is 326. The number of nitro groups is 1. The summed E-state index contributed by atoms with van der Waals surface area (Å²) in [5.74, 6) is 0. The molecule has 0 unspecified atom stereocenters. The molecule has 0 bridgehead atoms. The molecule has 0 spiro atoms. The average Bonchev–Trinajstić information content (AvgIpc) is 2.06. The maximum Gasteiger partial charge on any atom is 0.269 e. The normalized spacial score (nSPS) is 8.92.